The molecule has 2 heterocycles. The Morgan fingerprint density at radius 3 is 3.00 bits per heavy atom. The molecule has 108 valence electrons. The average Bonchev–Trinajstić information content (AvgIpc) is 2.89. The summed E-state index contributed by atoms with van der Waals surface area (Å²) in [6.45, 7) is 5.04. The number of hydrogen-bond donors (Lipinski definition) is 1. The summed E-state index contributed by atoms with van der Waals surface area (Å²) in [5, 5.41) is 4.54. The van der Waals surface area contributed by atoms with Gasteiger partial charge in [0.05, 0.1) is 21.8 Å². The molecular weight excluding hydrogens is 280 g/mol. The molecule has 0 spiro atoms. The molecule has 0 saturated heterocycles. The third-order valence-electron chi connectivity index (χ3n) is 4.12. The van der Waals surface area contributed by atoms with Crippen molar-refractivity contribution in [2.24, 2.45) is 5.92 Å². The Morgan fingerprint density at radius 1 is 1.33 bits per heavy atom. The van der Waals surface area contributed by atoms with E-state index in [0.29, 0.717) is 5.92 Å². The van der Waals surface area contributed by atoms with Crippen molar-refractivity contribution in [3.63, 3.8) is 0 Å². The van der Waals surface area contributed by atoms with Gasteiger partial charge in [-0.25, -0.2) is 4.98 Å². The molecule has 1 aromatic carbocycles. The summed E-state index contributed by atoms with van der Waals surface area (Å²) < 4.78 is 7.15. The normalized spacial score (nSPS) is 20.9. The maximum absolute atomic E-state index is 5.92. The van der Waals surface area contributed by atoms with Gasteiger partial charge in [-0.3, -0.25) is 0 Å². The maximum atomic E-state index is 5.92. The molecule has 2 aromatic heterocycles. The van der Waals surface area contributed by atoms with Gasteiger partial charge < -0.3 is 9.73 Å². The fraction of sp³-hybridized carbons (Fsp3) is 0.353. The average molecular weight is 298 g/mol. The highest BCUT2D eigenvalue weighted by molar-refractivity contribution is 7.18. The molecule has 3 aromatic rings. The third-order valence-corrected chi connectivity index (χ3v) is 5.05. The second kappa shape index (κ2) is 4.88. The Balaban J connectivity index is 1.46. The van der Waals surface area contributed by atoms with Crippen molar-refractivity contribution >= 4 is 27.2 Å². The van der Waals surface area contributed by atoms with E-state index in [9.17, 15) is 0 Å². The van der Waals surface area contributed by atoms with Gasteiger partial charge in [0.15, 0.2) is 0 Å². The first-order valence-electron chi connectivity index (χ1n) is 7.39. The molecule has 0 aliphatic heterocycles. The molecule has 1 N–H and O–H groups in total. The lowest BCUT2D eigenvalue weighted by Gasteiger charge is -2.04. The summed E-state index contributed by atoms with van der Waals surface area (Å²) in [4.78, 5) is 4.48. The first kappa shape index (κ1) is 12.9. The molecular formula is C17H18N2OS. The zero-order valence-corrected chi connectivity index (χ0v) is 13.0. The van der Waals surface area contributed by atoms with Crippen LogP contribution < -0.4 is 5.32 Å². The number of aromatic nitrogens is 1. The van der Waals surface area contributed by atoms with E-state index in [4.69, 9.17) is 4.42 Å². The van der Waals surface area contributed by atoms with E-state index in [0.717, 1.165) is 40.2 Å². The minimum absolute atomic E-state index is 0.648. The van der Waals surface area contributed by atoms with Crippen molar-refractivity contribution in [2.75, 3.05) is 5.32 Å². The molecule has 1 aliphatic rings. The van der Waals surface area contributed by atoms with Gasteiger partial charge >= 0.3 is 0 Å². The lowest BCUT2D eigenvalue weighted by atomic mass is 10.3. The van der Waals surface area contributed by atoms with Crippen LogP contribution in [0.15, 0.2) is 34.7 Å². The van der Waals surface area contributed by atoms with Gasteiger partial charge in [0, 0.05) is 11.6 Å². The highest BCUT2D eigenvalue weighted by atomic mass is 32.1. The third kappa shape index (κ3) is 2.56. The van der Waals surface area contributed by atoms with Gasteiger partial charge in [0.1, 0.15) is 11.5 Å². The Kier molecular flexibility index (Phi) is 3.00. The standard InChI is InChI=1S/C17H18N2OS/c1-10-7-14(10)16-6-4-13(20-16)9-18-12-3-5-15-17(8-12)21-11(2)19-15/h3-6,8,10,14,18H,7,9H2,1-2H3. The number of thiazole rings is 1. The second-order valence-corrected chi connectivity index (χ2v) is 7.13. The van der Waals surface area contributed by atoms with Crippen molar-refractivity contribution in [1.82, 2.24) is 4.98 Å². The van der Waals surface area contributed by atoms with E-state index in [1.807, 2.05) is 6.92 Å². The monoisotopic (exact) mass is 298 g/mol. The quantitative estimate of drug-likeness (QED) is 0.742. The fourth-order valence-corrected chi connectivity index (χ4v) is 3.61. The summed E-state index contributed by atoms with van der Waals surface area (Å²) in [7, 11) is 0. The minimum Gasteiger partial charge on any atom is -0.464 e. The van der Waals surface area contributed by atoms with Crippen LogP contribution in [-0.4, -0.2) is 4.98 Å². The van der Waals surface area contributed by atoms with Crippen LogP contribution in [0.1, 0.15) is 35.8 Å². The molecule has 2 atom stereocenters. The fourth-order valence-electron chi connectivity index (χ4n) is 2.75. The van der Waals surface area contributed by atoms with Gasteiger partial charge in [-0.2, -0.15) is 0 Å². The SMILES string of the molecule is Cc1nc2ccc(NCc3ccc(C4CC4C)o3)cc2s1. The zero-order valence-electron chi connectivity index (χ0n) is 12.2. The number of aryl methyl sites for hydroxylation is 1. The highest BCUT2D eigenvalue weighted by Gasteiger charge is 2.36. The maximum Gasteiger partial charge on any atom is 0.123 e. The summed E-state index contributed by atoms with van der Waals surface area (Å²) in [6, 6.07) is 10.5. The highest BCUT2D eigenvalue weighted by Crippen LogP contribution is 2.47. The second-order valence-electron chi connectivity index (χ2n) is 5.89. The molecule has 0 radical (unpaired) electrons. The largest absolute Gasteiger partial charge is 0.464 e. The molecule has 21 heavy (non-hydrogen) atoms. The van der Waals surface area contributed by atoms with Crippen molar-refractivity contribution in [2.45, 2.75) is 32.7 Å². The number of nitrogens with zero attached hydrogens (tertiary/aromatic N) is 1. The number of nitrogens with one attached hydrogen (secondary N) is 1. The van der Waals surface area contributed by atoms with Gasteiger partial charge in [-0.15, -0.1) is 11.3 Å². The van der Waals surface area contributed by atoms with E-state index < -0.39 is 0 Å². The van der Waals surface area contributed by atoms with E-state index >= 15 is 0 Å². The van der Waals surface area contributed by atoms with Crippen LogP contribution in [0, 0.1) is 12.8 Å². The van der Waals surface area contributed by atoms with Crippen LogP contribution in [0.3, 0.4) is 0 Å². The van der Waals surface area contributed by atoms with Crippen molar-refractivity contribution in [1.29, 1.82) is 0 Å². The minimum atomic E-state index is 0.648. The molecule has 3 nitrogen and oxygen atoms in total. The van der Waals surface area contributed by atoms with Crippen LogP contribution in [0.4, 0.5) is 5.69 Å². The molecule has 4 rings (SSSR count). The van der Waals surface area contributed by atoms with Gasteiger partial charge in [0.2, 0.25) is 0 Å². The zero-order chi connectivity index (χ0) is 14.4. The molecule has 1 fully saturated rings. The van der Waals surface area contributed by atoms with Gasteiger partial charge in [-0.1, -0.05) is 6.92 Å². The van der Waals surface area contributed by atoms with E-state index in [2.05, 4.69) is 47.6 Å². The molecule has 4 heteroatoms. The lowest BCUT2D eigenvalue weighted by Crippen LogP contribution is -1.97. The molecule has 1 aliphatic carbocycles. The van der Waals surface area contributed by atoms with E-state index in [1.165, 1.54) is 11.1 Å². The van der Waals surface area contributed by atoms with E-state index in [-0.39, 0.29) is 0 Å². The first-order valence-corrected chi connectivity index (χ1v) is 8.20. The predicted molar refractivity (Wildman–Crippen MR) is 86.9 cm³/mol. The summed E-state index contributed by atoms with van der Waals surface area (Å²) in [5.41, 5.74) is 2.19. The van der Waals surface area contributed by atoms with Crippen LogP contribution in [0.5, 0.6) is 0 Å². The van der Waals surface area contributed by atoms with Crippen LogP contribution in [-0.2, 0) is 6.54 Å². The number of benzene rings is 1. The Hall–Kier alpha value is -1.81. The summed E-state index contributed by atoms with van der Waals surface area (Å²) >= 11 is 1.73. The Labute approximate surface area is 128 Å². The van der Waals surface area contributed by atoms with Crippen molar-refractivity contribution < 1.29 is 4.42 Å². The lowest BCUT2D eigenvalue weighted by molar-refractivity contribution is 0.468. The number of furan rings is 1. The Morgan fingerprint density at radius 2 is 2.19 bits per heavy atom. The number of hydrogen-bond acceptors (Lipinski definition) is 4. The molecule has 0 bridgehead atoms. The molecule has 1 saturated carbocycles. The predicted octanol–water partition coefficient (Wildman–Crippen LogP) is 4.93. The topological polar surface area (TPSA) is 38.1 Å². The van der Waals surface area contributed by atoms with Crippen LogP contribution in [0.2, 0.25) is 0 Å². The molecule has 2 unspecified atom stereocenters. The first-order chi connectivity index (χ1) is 10.2. The van der Waals surface area contributed by atoms with Crippen molar-refractivity contribution in [3.8, 4) is 0 Å². The van der Waals surface area contributed by atoms with Crippen molar-refractivity contribution in [3.05, 3.63) is 46.9 Å². The smallest absolute Gasteiger partial charge is 0.123 e. The summed E-state index contributed by atoms with van der Waals surface area (Å²) in [5.74, 6) is 3.58. The number of anilines is 1. The number of rotatable bonds is 4. The van der Waals surface area contributed by atoms with Crippen LogP contribution in [0.25, 0.3) is 10.2 Å². The Bertz CT molecular complexity index is 789. The van der Waals surface area contributed by atoms with E-state index in [1.54, 1.807) is 11.3 Å². The van der Waals surface area contributed by atoms with Crippen LogP contribution >= 0.6 is 11.3 Å². The van der Waals surface area contributed by atoms with Gasteiger partial charge in [-0.05, 0) is 49.6 Å². The molecule has 0 amide bonds. The summed E-state index contributed by atoms with van der Waals surface area (Å²) in [6.07, 6.45) is 1.27. The number of fused-ring (bicyclic) bond motifs is 1. The van der Waals surface area contributed by atoms with Gasteiger partial charge in [0.25, 0.3) is 0 Å².